The van der Waals surface area contributed by atoms with E-state index in [9.17, 15) is 18.4 Å². The summed E-state index contributed by atoms with van der Waals surface area (Å²) in [4.78, 5) is 25.5. The number of amides is 1. The van der Waals surface area contributed by atoms with E-state index in [1.165, 1.54) is 29.7 Å². The molecule has 1 heterocycles. The summed E-state index contributed by atoms with van der Waals surface area (Å²) in [6.45, 7) is -2.22. The number of carbonyl (C=O) groups is 1. The number of ether oxygens (including phenoxy) is 1. The molecule has 1 amide bonds. The number of pyridine rings is 1. The van der Waals surface area contributed by atoms with Crippen molar-refractivity contribution in [1.29, 1.82) is 0 Å². The van der Waals surface area contributed by atoms with E-state index in [1.807, 2.05) is 5.32 Å². The molecule has 0 bridgehead atoms. The van der Waals surface area contributed by atoms with Crippen LogP contribution in [0.15, 0.2) is 51.7 Å². The van der Waals surface area contributed by atoms with Crippen molar-refractivity contribution in [3.63, 3.8) is 0 Å². The van der Waals surface area contributed by atoms with Crippen LogP contribution in [0.3, 0.4) is 0 Å². The molecule has 0 aliphatic rings. The highest BCUT2D eigenvalue weighted by Crippen LogP contribution is 2.26. The minimum Gasteiger partial charge on any atom is -0.487 e. The van der Waals surface area contributed by atoms with E-state index in [0.29, 0.717) is 11.6 Å². The van der Waals surface area contributed by atoms with Crippen LogP contribution in [-0.4, -0.2) is 17.5 Å². The molecule has 0 spiro atoms. The fraction of sp³-hybridized carbons (Fsp3) is 0.182. The molecule has 3 aromatic rings. The van der Waals surface area contributed by atoms with Gasteiger partial charge in [0.25, 0.3) is 11.5 Å². The second kappa shape index (κ2) is 8.79. The molecule has 0 aliphatic carbocycles. The summed E-state index contributed by atoms with van der Waals surface area (Å²) in [5, 5.41) is 1.88. The Balaban J connectivity index is 2.05. The van der Waals surface area contributed by atoms with Crippen LogP contribution in [0.25, 0.3) is 5.69 Å². The first-order chi connectivity index (χ1) is 16.1. The zero-order valence-electron chi connectivity index (χ0n) is 20.8. The lowest BCUT2D eigenvalue weighted by Crippen LogP contribution is -2.24. The van der Waals surface area contributed by atoms with Crippen LogP contribution in [-0.2, 0) is 6.56 Å². The van der Waals surface area contributed by atoms with Crippen LogP contribution < -0.4 is 15.6 Å². The van der Waals surface area contributed by atoms with Crippen LogP contribution in [0.4, 0.5) is 8.78 Å². The maximum Gasteiger partial charge on any atom is 0.273 e. The third-order valence-electron chi connectivity index (χ3n) is 4.33. The van der Waals surface area contributed by atoms with Gasteiger partial charge in [0.1, 0.15) is 28.4 Å². The number of aromatic nitrogens is 1. The van der Waals surface area contributed by atoms with Gasteiger partial charge in [-0.1, -0.05) is 6.07 Å². The second-order valence-electron chi connectivity index (χ2n) is 6.39. The second-order valence-corrected chi connectivity index (χ2v) is 7.18. The Morgan fingerprint density at radius 3 is 2.70 bits per heavy atom. The van der Waals surface area contributed by atoms with Crippen molar-refractivity contribution in [2.45, 2.75) is 20.4 Å². The number of nitrogens with zero attached hydrogens (tertiary/aromatic N) is 1. The minimum absolute atomic E-state index is 0.00703. The fourth-order valence-corrected chi connectivity index (χ4v) is 3.17. The zero-order valence-corrected chi connectivity index (χ0v) is 17.4. The largest absolute Gasteiger partial charge is 0.487 e. The van der Waals surface area contributed by atoms with Gasteiger partial charge >= 0.3 is 0 Å². The Hall–Kier alpha value is -3.00. The van der Waals surface area contributed by atoms with Crippen molar-refractivity contribution in [3.05, 3.63) is 91.3 Å². The van der Waals surface area contributed by atoms with E-state index in [0.717, 1.165) is 12.1 Å². The molecule has 0 atom stereocenters. The monoisotopic (exact) mass is 481 g/mol. The average molecular weight is 482 g/mol. The molecule has 0 aliphatic heterocycles. The Bertz CT molecular complexity index is 1380. The molecule has 0 fully saturated rings. The van der Waals surface area contributed by atoms with Gasteiger partial charge in [-0.25, -0.2) is 8.78 Å². The maximum atomic E-state index is 14.1. The van der Waals surface area contributed by atoms with Gasteiger partial charge in [0.15, 0.2) is 0 Å². The molecule has 0 saturated carbocycles. The van der Waals surface area contributed by atoms with Gasteiger partial charge in [0, 0.05) is 40.0 Å². The van der Waals surface area contributed by atoms with Crippen LogP contribution in [0.2, 0.25) is 0 Å². The molecule has 1 aromatic heterocycles. The third-order valence-corrected chi connectivity index (χ3v) is 5.06. The molecule has 0 unspecified atom stereocenters. The van der Waals surface area contributed by atoms with Crippen molar-refractivity contribution in [1.82, 2.24) is 9.88 Å². The van der Waals surface area contributed by atoms with Gasteiger partial charge in [0.2, 0.25) is 0 Å². The Morgan fingerprint density at radius 1 is 1.23 bits per heavy atom. The molecule has 3 rings (SSSR count). The highest BCUT2D eigenvalue weighted by atomic mass is 79.9. The molecule has 1 N–H and O–H groups in total. The van der Waals surface area contributed by atoms with E-state index >= 15 is 0 Å². The number of halogens is 3. The lowest BCUT2D eigenvalue weighted by atomic mass is 10.1. The van der Waals surface area contributed by atoms with Crippen molar-refractivity contribution in [2.75, 3.05) is 6.98 Å². The van der Waals surface area contributed by atoms with E-state index in [2.05, 4.69) is 15.9 Å². The number of benzene rings is 2. The summed E-state index contributed by atoms with van der Waals surface area (Å²) < 4.78 is 71.6. The number of carbonyl (C=O) groups excluding carboxylic acids is 1. The number of rotatable bonds is 5. The molecule has 8 heteroatoms. The van der Waals surface area contributed by atoms with Gasteiger partial charge < -0.3 is 10.1 Å². The van der Waals surface area contributed by atoms with E-state index in [4.69, 9.17) is 11.6 Å². The molecule has 2 aromatic carbocycles. The van der Waals surface area contributed by atoms with Crippen molar-refractivity contribution in [2.24, 2.45) is 0 Å². The maximum absolute atomic E-state index is 14.1. The summed E-state index contributed by atoms with van der Waals surface area (Å²) in [5.41, 5.74) is -0.0774. The van der Waals surface area contributed by atoms with Crippen LogP contribution in [0.5, 0.6) is 5.75 Å². The predicted octanol–water partition coefficient (Wildman–Crippen LogP) is 4.43. The Labute approximate surface area is 187 Å². The normalized spacial score (nSPS) is 14.1. The van der Waals surface area contributed by atoms with Crippen molar-refractivity contribution in [3.8, 4) is 11.4 Å². The highest BCUT2D eigenvalue weighted by Gasteiger charge is 2.17. The summed E-state index contributed by atoms with van der Waals surface area (Å²) in [6, 6.07) is 7.96. The summed E-state index contributed by atoms with van der Waals surface area (Å²) in [5.74, 6) is -3.12. The standard InChI is InChI=1S/C22H19BrF2N2O3/c1-12-4-5-14(21(28)26-3)9-18(12)27-13(2)8-19(20(23)22(27)29)30-11-15-6-7-16(24)10-17(15)25/h4-10H,11H2,1-3H3,(H,26,28)/i3D3,11D2. The van der Waals surface area contributed by atoms with Crippen molar-refractivity contribution < 1.29 is 25.2 Å². The molecule has 0 saturated heterocycles. The molecule has 156 valence electrons. The Kier molecular flexibility index (Phi) is 4.63. The number of aryl methyl sites for hydroxylation is 2. The summed E-state index contributed by atoms with van der Waals surface area (Å²) in [6.07, 6.45) is 0. The molecule has 5 nitrogen and oxygen atoms in total. The Morgan fingerprint density at radius 2 is 2.00 bits per heavy atom. The first-order valence-corrected chi connectivity index (χ1v) is 9.40. The number of hydrogen-bond donors (Lipinski definition) is 1. The van der Waals surface area contributed by atoms with Gasteiger partial charge in [-0.3, -0.25) is 14.2 Å². The SMILES string of the molecule is [2H]C([2H])([2H])NC(=O)c1ccc(C)c(-n2c(C)cc(OC([2H])([2H])c3ccc(F)cc3F)c(Br)c2=O)c1. The predicted molar refractivity (Wildman–Crippen MR) is 113 cm³/mol. The van der Waals surface area contributed by atoms with E-state index < -0.39 is 42.2 Å². The quantitative estimate of drug-likeness (QED) is 0.586. The topological polar surface area (TPSA) is 60.3 Å². The molecular weight excluding hydrogens is 458 g/mol. The van der Waals surface area contributed by atoms with E-state index in [1.54, 1.807) is 13.0 Å². The fourth-order valence-electron chi connectivity index (χ4n) is 2.80. The lowest BCUT2D eigenvalue weighted by Gasteiger charge is -2.17. The van der Waals surface area contributed by atoms with E-state index in [-0.39, 0.29) is 27.2 Å². The average Bonchev–Trinajstić information content (AvgIpc) is 2.71. The van der Waals surface area contributed by atoms with Crippen LogP contribution in [0.1, 0.15) is 34.0 Å². The lowest BCUT2D eigenvalue weighted by molar-refractivity contribution is 0.0963. The smallest absolute Gasteiger partial charge is 0.273 e. The molecule has 0 radical (unpaired) electrons. The van der Waals surface area contributed by atoms with Gasteiger partial charge in [0.05, 0.1) is 8.43 Å². The minimum atomic E-state index is -2.74. The first-order valence-electron chi connectivity index (χ1n) is 11.1. The van der Waals surface area contributed by atoms with Crippen LogP contribution >= 0.6 is 15.9 Å². The highest BCUT2D eigenvalue weighted by molar-refractivity contribution is 9.10. The first kappa shape index (κ1) is 15.8. The van der Waals surface area contributed by atoms with Gasteiger partial charge in [-0.2, -0.15) is 0 Å². The van der Waals surface area contributed by atoms with Gasteiger partial charge in [-0.15, -0.1) is 0 Å². The summed E-state index contributed by atoms with van der Waals surface area (Å²) >= 11 is 3.10. The third kappa shape index (κ3) is 4.28. The molecular formula is C22H19BrF2N2O3. The van der Waals surface area contributed by atoms with Crippen LogP contribution in [0, 0.1) is 25.5 Å². The summed E-state index contributed by atoms with van der Waals surface area (Å²) in [7, 11) is 0. The van der Waals surface area contributed by atoms with Gasteiger partial charge in [-0.05, 0) is 59.6 Å². The zero-order chi connectivity index (χ0) is 26.3. The number of nitrogens with one attached hydrogen (secondary N) is 1. The molecule has 30 heavy (non-hydrogen) atoms. The number of hydrogen-bond acceptors (Lipinski definition) is 3. The van der Waals surface area contributed by atoms with Crippen molar-refractivity contribution >= 4 is 21.8 Å².